The van der Waals surface area contributed by atoms with Crippen molar-refractivity contribution < 1.29 is 14.4 Å². The molecule has 0 heterocycles. The fourth-order valence-electron chi connectivity index (χ4n) is 1.39. The smallest absolute Gasteiger partial charge is 0.324 e. The molecule has 0 aromatic rings. The first-order valence-electron chi connectivity index (χ1n) is 5.53. The summed E-state index contributed by atoms with van der Waals surface area (Å²) in [5, 5.41) is 0. The summed E-state index contributed by atoms with van der Waals surface area (Å²) < 4.78 is 10.8. The summed E-state index contributed by atoms with van der Waals surface area (Å²) in [6, 6.07) is 0. The fraction of sp³-hybridized carbons (Fsp3) is 1.00. The highest BCUT2D eigenvalue weighted by molar-refractivity contribution is 7.52. The van der Waals surface area contributed by atoms with Gasteiger partial charge in [-0.2, -0.15) is 0 Å². The molecule has 0 rings (SSSR count). The molecule has 0 aromatic carbocycles. The van der Waals surface area contributed by atoms with Gasteiger partial charge in [0, 0.05) is 0 Å². The highest BCUT2D eigenvalue weighted by Crippen LogP contribution is 2.43. The molecule has 0 aliphatic heterocycles. The lowest BCUT2D eigenvalue weighted by Gasteiger charge is -2.12. The molecule has 14 heavy (non-hydrogen) atoms. The second-order valence-electron chi connectivity index (χ2n) is 3.99. The monoisotopic (exact) mass is 222 g/mol. The summed E-state index contributed by atoms with van der Waals surface area (Å²) in [5.41, 5.74) is -0.464. The van der Waals surface area contributed by atoms with Crippen molar-refractivity contribution in [1.29, 1.82) is 0 Å². The molecule has 0 aliphatic rings. The maximum Gasteiger partial charge on any atom is 0.328 e. The standard InChI is InChI=1S/C10H23O3P/c1-3-4-5-6-7-8-9-10(2)14(11,12)13/h10H,3-9H2,1-2H3,(H2,11,12,13). The third kappa shape index (κ3) is 7.54. The van der Waals surface area contributed by atoms with Crippen molar-refractivity contribution in [2.75, 3.05) is 0 Å². The lowest BCUT2D eigenvalue weighted by molar-refractivity contribution is 0.355. The molecule has 0 amide bonds. The highest BCUT2D eigenvalue weighted by Gasteiger charge is 2.22. The second-order valence-corrected chi connectivity index (χ2v) is 6.05. The van der Waals surface area contributed by atoms with Crippen molar-refractivity contribution in [3.63, 3.8) is 0 Å². The predicted molar refractivity (Wildman–Crippen MR) is 59.5 cm³/mol. The first kappa shape index (κ1) is 14.2. The van der Waals surface area contributed by atoms with Gasteiger partial charge < -0.3 is 9.79 Å². The average Bonchev–Trinajstić information content (AvgIpc) is 2.09. The Balaban J connectivity index is 3.32. The second kappa shape index (κ2) is 7.44. The van der Waals surface area contributed by atoms with E-state index in [0.29, 0.717) is 6.42 Å². The molecule has 0 saturated heterocycles. The van der Waals surface area contributed by atoms with E-state index >= 15 is 0 Å². The summed E-state index contributed by atoms with van der Waals surface area (Å²) >= 11 is 0. The highest BCUT2D eigenvalue weighted by atomic mass is 31.2. The molecule has 0 radical (unpaired) electrons. The van der Waals surface area contributed by atoms with Gasteiger partial charge in [0.05, 0.1) is 5.66 Å². The molecule has 2 N–H and O–H groups in total. The summed E-state index contributed by atoms with van der Waals surface area (Å²) in [6.07, 6.45) is 7.65. The van der Waals surface area contributed by atoms with Crippen molar-refractivity contribution in [3.8, 4) is 0 Å². The van der Waals surface area contributed by atoms with E-state index in [-0.39, 0.29) is 0 Å². The van der Waals surface area contributed by atoms with Gasteiger partial charge in [-0.3, -0.25) is 4.57 Å². The van der Waals surface area contributed by atoms with E-state index < -0.39 is 13.3 Å². The van der Waals surface area contributed by atoms with Crippen molar-refractivity contribution in [2.24, 2.45) is 0 Å². The van der Waals surface area contributed by atoms with E-state index in [2.05, 4.69) is 6.92 Å². The molecule has 0 aromatic heterocycles. The van der Waals surface area contributed by atoms with Gasteiger partial charge in [-0.15, -0.1) is 0 Å². The van der Waals surface area contributed by atoms with Crippen LogP contribution in [0.1, 0.15) is 58.8 Å². The molecular formula is C10H23O3P. The van der Waals surface area contributed by atoms with Crippen LogP contribution < -0.4 is 0 Å². The maximum absolute atomic E-state index is 10.8. The van der Waals surface area contributed by atoms with Crippen molar-refractivity contribution in [2.45, 2.75) is 64.5 Å². The van der Waals surface area contributed by atoms with Crippen LogP contribution in [0.4, 0.5) is 0 Å². The van der Waals surface area contributed by atoms with Gasteiger partial charge in [0.1, 0.15) is 0 Å². The van der Waals surface area contributed by atoms with Gasteiger partial charge in [-0.05, 0) is 6.42 Å². The molecule has 0 fully saturated rings. The maximum atomic E-state index is 10.8. The summed E-state index contributed by atoms with van der Waals surface area (Å²) in [6.45, 7) is 3.81. The Morgan fingerprint density at radius 1 is 1.07 bits per heavy atom. The van der Waals surface area contributed by atoms with Crippen LogP contribution in [-0.2, 0) is 4.57 Å². The van der Waals surface area contributed by atoms with Crippen LogP contribution in [0.15, 0.2) is 0 Å². The van der Waals surface area contributed by atoms with Crippen LogP contribution >= 0.6 is 7.60 Å². The largest absolute Gasteiger partial charge is 0.328 e. The Morgan fingerprint density at radius 2 is 1.57 bits per heavy atom. The zero-order valence-electron chi connectivity index (χ0n) is 9.28. The van der Waals surface area contributed by atoms with Gasteiger partial charge >= 0.3 is 7.60 Å². The van der Waals surface area contributed by atoms with E-state index in [4.69, 9.17) is 9.79 Å². The Labute approximate surface area is 87.1 Å². The third-order valence-electron chi connectivity index (χ3n) is 2.55. The number of unbranched alkanes of at least 4 members (excludes halogenated alkanes) is 5. The Morgan fingerprint density at radius 3 is 2.07 bits per heavy atom. The van der Waals surface area contributed by atoms with Gasteiger partial charge in [-0.1, -0.05) is 52.4 Å². The summed E-state index contributed by atoms with van der Waals surface area (Å²) in [4.78, 5) is 17.7. The summed E-state index contributed by atoms with van der Waals surface area (Å²) in [5.74, 6) is 0. The Hall–Kier alpha value is 0.150. The molecule has 4 heteroatoms. The first-order chi connectivity index (χ1) is 6.48. The van der Waals surface area contributed by atoms with Crippen molar-refractivity contribution in [3.05, 3.63) is 0 Å². The molecule has 86 valence electrons. The fourth-order valence-corrected chi connectivity index (χ4v) is 1.91. The molecular weight excluding hydrogens is 199 g/mol. The first-order valence-corrected chi connectivity index (χ1v) is 7.22. The van der Waals surface area contributed by atoms with Crippen molar-refractivity contribution in [1.82, 2.24) is 0 Å². The quantitative estimate of drug-likeness (QED) is 0.489. The van der Waals surface area contributed by atoms with Crippen LogP contribution in [0.2, 0.25) is 0 Å². The van der Waals surface area contributed by atoms with E-state index in [1.54, 1.807) is 6.92 Å². The van der Waals surface area contributed by atoms with E-state index in [0.717, 1.165) is 12.8 Å². The zero-order valence-corrected chi connectivity index (χ0v) is 10.2. The summed E-state index contributed by atoms with van der Waals surface area (Å²) in [7, 11) is -3.82. The molecule has 0 saturated carbocycles. The van der Waals surface area contributed by atoms with Gasteiger partial charge in [0.2, 0.25) is 0 Å². The van der Waals surface area contributed by atoms with Crippen LogP contribution in [0.25, 0.3) is 0 Å². The number of hydrogen-bond acceptors (Lipinski definition) is 1. The van der Waals surface area contributed by atoms with Crippen LogP contribution in [0, 0.1) is 0 Å². The molecule has 1 unspecified atom stereocenters. The molecule has 3 nitrogen and oxygen atoms in total. The lowest BCUT2D eigenvalue weighted by Crippen LogP contribution is -2.02. The predicted octanol–water partition coefficient (Wildman–Crippen LogP) is 3.30. The van der Waals surface area contributed by atoms with Crippen LogP contribution in [0.3, 0.4) is 0 Å². The lowest BCUT2D eigenvalue weighted by atomic mass is 10.1. The minimum Gasteiger partial charge on any atom is -0.324 e. The molecule has 0 spiro atoms. The molecule has 0 aliphatic carbocycles. The number of hydrogen-bond donors (Lipinski definition) is 2. The van der Waals surface area contributed by atoms with E-state index in [1.165, 1.54) is 25.7 Å². The van der Waals surface area contributed by atoms with E-state index in [9.17, 15) is 4.57 Å². The number of rotatable bonds is 8. The van der Waals surface area contributed by atoms with Crippen molar-refractivity contribution >= 4 is 7.60 Å². The average molecular weight is 222 g/mol. The third-order valence-corrected chi connectivity index (χ3v) is 3.96. The van der Waals surface area contributed by atoms with Gasteiger partial charge in [0.15, 0.2) is 0 Å². The minimum atomic E-state index is -3.82. The Kier molecular flexibility index (Phi) is 7.52. The molecule has 0 bridgehead atoms. The molecule has 1 atom stereocenters. The minimum absolute atomic E-state index is 0.464. The van der Waals surface area contributed by atoms with E-state index in [1.807, 2.05) is 0 Å². The normalized spacial score (nSPS) is 14.3. The SMILES string of the molecule is CCCCCCCCC(C)P(=O)(O)O. The Bertz CT molecular complexity index is 176. The zero-order chi connectivity index (χ0) is 11.0. The van der Waals surface area contributed by atoms with Gasteiger partial charge in [0.25, 0.3) is 0 Å². The van der Waals surface area contributed by atoms with Crippen LogP contribution in [-0.4, -0.2) is 15.4 Å². The van der Waals surface area contributed by atoms with Crippen LogP contribution in [0.5, 0.6) is 0 Å². The topological polar surface area (TPSA) is 57.5 Å². The van der Waals surface area contributed by atoms with Gasteiger partial charge in [-0.25, -0.2) is 0 Å².